The summed E-state index contributed by atoms with van der Waals surface area (Å²) in [6, 6.07) is 6.19. The molecule has 1 fully saturated rings. The van der Waals surface area contributed by atoms with Crippen molar-refractivity contribution >= 4 is 21.6 Å². The molecular weight excluding hydrogens is 340 g/mol. The van der Waals surface area contributed by atoms with Gasteiger partial charge < -0.3 is 4.90 Å². The van der Waals surface area contributed by atoms with Crippen LogP contribution in [0.5, 0.6) is 0 Å². The highest BCUT2D eigenvalue weighted by Crippen LogP contribution is 2.19. The van der Waals surface area contributed by atoms with Gasteiger partial charge in [-0.15, -0.1) is 0 Å². The second kappa shape index (κ2) is 6.87. The molecule has 1 aromatic heterocycles. The standard InChI is InChI=1S/C17H22N4O3S/c1-13(2)21-12-15(11-18-21)19-25(23,24)16-7-5-14(6-8-16)17(22)20-9-3-4-10-20/h5-8,11-13,19H,3-4,9-10H2,1-2H3. The molecule has 3 rings (SSSR count). The second-order valence-electron chi connectivity index (χ2n) is 6.43. The number of carbonyl (C=O) groups is 1. The molecule has 1 saturated heterocycles. The Morgan fingerprint density at radius 1 is 1.16 bits per heavy atom. The van der Waals surface area contributed by atoms with Crippen LogP contribution in [0.25, 0.3) is 0 Å². The van der Waals surface area contributed by atoms with Crippen molar-refractivity contribution in [3.63, 3.8) is 0 Å². The summed E-state index contributed by atoms with van der Waals surface area (Å²) >= 11 is 0. The van der Waals surface area contributed by atoms with Gasteiger partial charge in [0.25, 0.3) is 15.9 Å². The van der Waals surface area contributed by atoms with Crippen molar-refractivity contribution in [1.29, 1.82) is 0 Å². The third-order valence-corrected chi connectivity index (χ3v) is 5.58. The number of nitrogens with one attached hydrogen (secondary N) is 1. The van der Waals surface area contributed by atoms with Crippen LogP contribution < -0.4 is 4.72 Å². The lowest BCUT2D eigenvalue weighted by atomic mass is 10.2. The molecule has 1 aromatic carbocycles. The van der Waals surface area contributed by atoms with Crippen LogP contribution in [-0.4, -0.2) is 42.1 Å². The van der Waals surface area contributed by atoms with Crippen LogP contribution >= 0.6 is 0 Å². The van der Waals surface area contributed by atoms with E-state index in [-0.39, 0.29) is 16.8 Å². The fourth-order valence-corrected chi connectivity index (χ4v) is 3.79. The third kappa shape index (κ3) is 3.84. The van der Waals surface area contributed by atoms with Crippen molar-refractivity contribution in [3.8, 4) is 0 Å². The number of hydrogen-bond donors (Lipinski definition) is 1. The summed E-state index contributed by atoms with van der Waals surface area (Å²) < 4.78 is 29.1. The predicted octanol–water partition coefficient (Wildman–Crippen LogP) is 2.50. The van der Waals surface area contributed by atoms with Gasteiger partial charge in [-0.2, -0.15) is 5.10 Å². The zero-order chi connectivity index (χ0) is 18.0. The van der Waals surface area contributed by atoms with E-state index in [0.29, 0.717) is 11.3 Å². The summed E-state index contributed by atoms with van der Waals surface area (Å²) in [4.78, 5) is 14.2. The lowest BCUT2D eigenvalue weighted by Gasteiger charge is -2.15. The third-order valence-electron chi connectivity index (χ3n) is 4.19. The number of nitrogens with zero attached hydrogens (tertiary/aromatic N) is 3. The van der Waals surface area contributed by atoms with Gasteiger partial charge in [-0.1, -0.05) is 0 Å². The smallest absolute Gasteiger partial charge is 0.261 e. The maximum absolute atomic E-state index is 12.5. The minimum absolute atomic E-state index is 0.0485. The maximum Gasteiger partial charge on any atom is 0.261 e. The lowest BCUT2D eigenvalue weighted by Crippen LogP contribution is -2.27. The molecular formula is C17H22N4O3S. The van der Waals surface area contributed by atoms with Gasteiger partial charge in [-0.05, 0) is 51.0 Å². The molecule has 1 aliphatic heterocycles. The highest BCUT2D eigenvalue weighted by atomic mass is 32.2. The summed E-state index contributed by atoms with van der Waals surface area (Å²) in [5.41, 5.74) is 0.916. The molecule has 25 heavy (non-hydrogen) atoms. The molecule has 0 saturated carbocycles. The fourth-order valence-electron chi connectivity index (χ4n) is 2.77. The molecule has 0 spiro atoms. The quantitative estimate of drug-likeness (QED) is 0.886. The monoisotopic (exact) mass is 362 g/mol. The molecule has 0 aliphatic carbocycles. The molecule has 134 valence electrons. The van der Waals surface area contributed by atoms with Crippen molar-refractivity contribution in [2.24, 2.45) is 0 Å². The van der Waals surface area contributed by atoms with E-state index in [2.05, 4.69) is 9.82 Å². The Balaban J connectivity index is 1.74. The largest absolute Gasteiger partial charge is 0.339 e. The van der Waals surface area contributed by atoms with E-state index in [1.54, 1.807) is 27.9 Å². The number of likely N-dealkylation sites (tertiary alicyclic amines) is 1. The summed E-state index contributed by atoms with van der Waals surface area (Å²) in [5.74, 6) is -0.0485. The Morgan fingerprint density at radius 3 is 2.36 bits per heavy atom. The Hall–Kier alpha value is -2.35. The van der Waals surface area contributed by atoms with Crippen LogP contribution in [0.15, 0.2) is 41.6 Å². The average Bonchev–Trinajstić information content (AvgIpc) is 3.25. The number of amides is 1. The van der Waals surface area contributed by atoms with E-state index < -0.39 is 10.0 Å². The van der Waals surface area contributed by atoms with E-state index in [4.69, 9.17) is 0 Å². The van der Waals surface area contributed by atoms with Gasteiger partial charge in [0.05, 0.1) is 16.8 Å². The van der Waals surface area contributed by atoms with Crippen molar-refractivity contribution in [1.82, 2.24) is 14.7 Å². The predicted molar refractivity (Wildman–Crippen MR) is 95.0 cm³/mol. The first-order chi connectivity index (χ1) is 11.9. The Kier molecular flexibility index (Phi) is 4.80. The number of rotatable bonds is 5. The lowest BCUT2D eigenvalue weighted by molar-refractivity contribution is 0.0792. The van der Waals surface area contributed by atoms with Crippen LogP contribution in [0.4, 0.5) is 5.69 Å². The normalized spacial score (nSPS) is 14.9. The number of hydrogen-bond acceptors (Lipinski definition) is 4. The molecule has 7 nitrogen and oxygen atoms in total. The Labute approximate surface area is 147 Å². The molecule has 0 radical (unpaired) electrons. The van der Waals surface area contributed by atoms with E-state index >= 15 is 0 Å². The first kappa shape index (κ1) is 17.5. The zero-order valence-electron chi connectivity index (χ0n) is 14.3. The highest BCUT2D eigenvalue weighted by molar-refractivity contribution is 7.92. The van der Waals surface area contributed by atoms with Gasteiger partial charge >= 0.3 is 0 Å². The van der Waals surface area contributed by atoms with Gasteiger partial charge in [0.15, 0.2) is 0 Å². The van der Waals surface area contributed by atoms with E-state index in [1.165, 1.54) is 18.3 Å². The van der Waals surface area contributed by atoms with Crippen LogP contribution in [0.2, 0.25) is 0 Å². The van der Waals surface area contributed by atoms with Gasteiger partial charge in [0.2, 0.25) is 0 Å². The van der Waals surface area contributed by atoms with Gasteiger partial charge in [-0.3, -0.25) is 14.2 Å². The molecule has 2 aromatic rings. The SMILES string of the molecule is CC(C)n1cc(NS(=O)(=O)c2ccc(C(=O)N3CCCC3)cc2)cn1. The molecule has 1 aliphatic rings. The minimum Gasteiger partial charge on any atom is -0.339 e. The minimum atomic E-state index is -3.72. The second-order valence-corrected chi connectivity index (χ2v) is 8.11. The first-order valence-corrected chi connectivity index (χ1v) is 9.81. The van der Waals surface area contributed by atoms with Gasteiger partial charge in [-0.25, -0.2) is 8.42 Å². The molecule has 0 unspecified atom stereocenters. The molecule has 0 bridgehead atoms. The summed E-state index contributed by atoms with van der Waals surface area (Å²) in [5, 5.41) is 4.11. The van der Waals surface area contributed by atoms with E-state index in [0.717, 1.165) is 25.9 Å². The molecule has 1 N–H and O–H groups in total. The van der Waals surface area contributed by atoms with Gasteiger partial charge in [0, 0.05) is 30.9 Å². The summed E-state index contributed by atoms with van der Waals surface area (Å²) in [7, 11) is -3.72. The Bertz CT molecular complexity index is 850. The first-order valence-electron chi connectivity index (χ1n) is 8.33. The van der Waals surface area contributed by atoms with Crippen molar-refractivity contribution in [3.05, 3.63) is 42.2 Å². The van der Waals surface area contributed by atoms with E-state index in [9.17, 15) is 13.2 Å². The van der Waals surface area contributed by atoms with E-state index in [1.807, 2.05) is 13.8 Å². The molecule has 2 heterocycles. The van der Waals surface area contributed by atoms with Crippen molar-refractivity contribution < 1.29 is 13.2 Å². The van der Waals surface area contributed by atoms with Gasteiger partial charge in [0.1, 0.15) is 0 Å². The van der Waals surface area contributed by atoms with Crippen LogP contribution in [0, 0.1) is 0 Å². The highest BCUT2D eigenvalue weighted by Gasteiger charge is 2.21. The van der Waals surface area contributed by atoms with Crippen molar-refractivity contribution in [2.45, 2.75) is 37.6 Å². The molecule has 8 heteroatoms. The number of benzene rings is 1. The van der Waals surface area contributed by atoms with Crippen LogP contribution in [0.1, 0.15) is 43.1 Å². The summed E-state index contributed by atoms with van der Waals surface area (Å²) in [6.07, 6.45) is 5.16. The topological polar surface area (TPSA) is 84.3 Å². The maximum atomic E-state index is 12.5. The van der Waals surface area contributed by atoms with Crippen LogP contribution in [0.3, 0.4) is 0 Å². The number of anilines is 1. The zero-order valence-corrected chi connectivity index (χ0v) is 15.2. The van der Waals surface area contributed by atoms with Crippen molar-refractivity contribution in [2.75, 3.05) is 17.8 Å². The summed E-state index contributed by atoms with van der Waals surface area (Å²) in [6.45, 7) is 5.45. The average molecular weight is 362 g/mol. The number of carbonyl (C=O) groups excluding carboxylic acids is 1. The number of sulfonamides is 1. The fraction of sp³-hybridized carbons (Fsp3) is 0.412. The van der Waals surface area contributed by atoms with Crippen LogP contribution in [-0.2, 0) is 10.0 Å². The molecule has 1 amide bonds. The Morgan fingerprint density at radius 2 is 1.80 bits per heavy atom. The number of aromatic nitrogens is 2. The molecule has 0 atom stereocenters.